The number of hydrogen-bond acceptors (Lipinski definition) is 6. The SMILES string of the molecule is COCCN(CC(=O)Nc1nc(-c2ccc(Cl)cc2)cn1-c1ccc(OC)cc1)C(=O)c1ccco1. The Balaban J connectivity index is 1.61. The van der Waals surface area contributed by atoms with Crippen LogP contribution in [-0.2, 0) is 9.53 Å². The lowest BCUT2D eigenvalue weighted by Gasteiger charge is -2.20. The van der Waals surface area contributed by atoms with Crippen molar-refractivity contribution < 1.29 is 23.5 Å². The maximum absolute atomic E-state index is 13.1. The molecule has 0 aliphatic rings. The molecule has 0 aliphatic heterocycles. The van der Waals surface area contributed by atoms with E-state index in [9.17, 15) is 9.59 Å². The number of nitrogens with one attached hydrogen (secondary N) is 1. The van der Waals surface area contributed by atoms with E-state index in [-0.39, 0.29) is 25.5 Å². The van der Waals surface area contributed by atoms with E-state index < -0.39 is 11.8 Å². The Kier molecular flexibility index (Phi) is 8.04. The fraction of sp³-hybridized carbons (Fsp3) is 0.192. The third kappa shape index (κ3) is 5.94. The summed E-state index contributed by atoms with van der Waals surface area (Å²) in [6.45, 7) is 0.266. The summed E-state index contributed by atoms with van der Waals surface area (Å²) in [5, 5.41) is 3.45. The van der Waals surface area contributed by atoms with Crippen molar-refractivity contribution in [3.05, 3.63) is 83.9 Å². The van der Waals surface area contributed by atoms with Crippen molar-refractivity contribution in [3.63, 3.8) is 0 Å². The highest BCUT2D eigenvalue weighted by atomic mass is 35.5. The van der Waals surface area contributed by atoms with Crippen molar-refractivity contribution in [3.8, 4) is 22.7 Å². The van der Waals surface area contributed by atoms with Crippen molar-refractivity contribution in [2.75, 3.05) is 39.2 Å². The first-order valence-corrected chi connectivity index (χ1v) is 11.5. The van der Waals surface area contributed by atoms with Gasteiger partial charge in [0.25, 0.3) is 5.91 Å². The highest BCUT2D eigenvalue weighted by Crippen LogP contribution is 2.26. The molecule has 2 amide bonds. The molecule has 0 unspecified atom stereocenters. The van der Waals surface area contributed by atoms with Crippen LogP contribution in [0, 0.1) is 0 Å². The van der Waals surface area contributed by atoms with Crippen LogP contribution in [0.1, 0.15) is 10.6 Å². The molecule has 0 aliphatic carbocycles. The largest absolute Gasteiger partial charge is 0.497 e. The maximum atomic E-state index is 13.1. The van der Waals surface area contributed by atoms with E-state index in [0.29, 0.717) is 22.4 Å². The number of nitrogens with zero attached hydrogens (tertiary/aromatic N) is 3. The number of rotatable bonds is 10. The summed E-state index contributed by atoms with van der Waals surface area (Å²) in [5.41, 5.74) is 2.24. The second-order valence-electron chi connectivity index (χ2n) is 7.77. The number of benzene rings is 2. The summed E-state index contributed by atoms with van der Waals surface area (Å²) in [5.74, 6) is 0.310. The fourth-order valence-electron chi connectivity index (χ4n) is 3.52. The normalized spacial score (nSPS) is 10.8. The summed E-state index contributed by atoms with van der Waals surface area (Å²) in [6, 6.07) is 17.8. The van der Waals surface area contributed by atoms with Crippen LogP contribution in [0.5, 0.6) is 5.75 Å². The van der Waals surface area contributed by atoms with Crippen molar-refractivity contribution >= 4 is 29.4 Å². The lowest BCUT2D eigenvalue weighted by Crippen LogP contribution is -2.40. The molecular formula is C26H25ClN4O5. The number of furan rings is 1. The number of halogens is 1. The molecule has 4 aromatic rings. The lowest BCUT2D eigenvalue weighted by atomic mass is 10.2. The molecule has 0 spiro atoms. The average molecular weight is 509 g/mol. The van der Waals surface area contributed by atoms with Crippen LogP contribution in [0.25, 0.3) is 16.9 Å². The van der Waals surface area contributed by atoms with Crippen molar-refractivity contribution in [1.29, 1.82) is 0 Å². The van der Waals surface area contributed by atoms with E-state index in [1.165, 1.54) is 18.3 Å². The van der Waals surface area contributed by atoms with Gasteiger partial charge in [0.15, 0.2) is 5.76 Å². The Morgan fingerprint density at radius 2 is 1.83 bits per heavy atom. The van der Waals surface area contributed by atoms with Gasteiger partial charge in [-0.2, -0.15) is 0 Å². The van der Waals surface area contributed by atoms with Gasteiger partial charge in [0.05, 0.1) is 25.7 Å². The van der Waals surface area contributed by atoms with Gasteiger partial charge in [0, 0.05) is 36.1 Å². The molecular weight excluding hydrogens is 484 g/mol. The summed E-state index contributed by atoms with van der Waals surface area (Å²) >= 11 is 6.03. The number of anilines is 1. The van der Waals surface area contributed by atoms with Gasteiger partial charge in [0.2, 0.25) is 11.9 Å². The molecule has 0 atom stereocenters. The van der Waals surface area contributed by atoms with Crippen LogP contribution in [0.15, 0.2) is 77.5 Å². The van der Waals surface area contributed by atoms with Crippen LogP contribution in [0.4, 0.5) is 5.95 Å². The van der Waals surface area contributed by atoms with Gasteiger partial charge < -0.3 is 18.8 Å². The molecule has 1 N–H and O–H groups in total. The third-order valence-corrected chi connectivity index (χ3v) is 5.62. The maximum Gasteiger partial charge on any atom is 0.290 e. The van der Waals surface area contributed by atoms with Crippen LogP contribution in [0.2, 0.25) is 5.02 Å². The molecule has 0 radical (unpaired) electrons. The number of hydrogen-bond donors (Lipinski definition) is 1. The van der Waals surface area contributed by atoms with E-state index in [0.717, 1.165) is 11.3 Å². The van der Waals surface area contributed by atoms with Crippen molar-refractivity contribution in [1.82, 2.24) is 14.5 Å². The van der Waals surface area contributed by atoms with Gasteiger partial charge in [-0.15, -0.1) is 0 Å². The predicted octanol–water partition coefficient (Wildman–Crippen LogP) is 4.52. The van der Waals surface area contributed by atoms with E-state index >= 15 is 0 Å². The van der Waals surface area contributed by atoms with Crippen LogP contribution < -0.4 is 10.1 Å². The molecule has 10 heteroatoms. The van der Waals surface area contributed by atoms with E-state index in [4.69, 9.17) is 25.5 Å². The first-order valence-electron chi connectivity index (χ1n) is 11.1. The summed E-state index contributed by atoms with van der Waals surface area (Å²) in [4.78, 5) is 31.9. The second-order valence-corrected chi connectivity index (χ2v) is 8.21. The standard InChI is InChI=1S/C26H25ClN4O5/c1-34-15-13-30(25(33)23-4-3-14-36-23)17-24(32)29-26-28-22(18-5-7-19(27)8-6-18)16-31(26)20-9-11-21(35-2)12-10-20/h3-12,14,16H,13,15,17H2,1-2H3,(H,28,29,32). The lowest BCUT2D eigenvalue weighted by molar-refractivity contribution is -0.117. The Morgan fingerprint density at radius 3 is 2.47 bits per heavy atom. The fourth-order valence-corrected chi connectivity index (χ4v) is 3.64. The average Bonchev–Trinajstić information content (AvgIpc) is 3.57. The van der Waals surface area contributed by atoms with Gasteiger partial charge in [-0.1, -0.05) is 23.7 Å². The minimum Gasteiger partial charge on any atom is -0.497 e. The molecule has 0 fully saturated rings. The van der Waals surface area contributed by atoms with Crippen molar-refractivity contribution in [2.45, 2.75) is 0 Å². The topological polar surface area (TPSA) is 98.8 Å². The quantitative estimate of drug-likeness (QED) is 0.338. The van der Waals surface area contributed by atoms with Gasteiger partial charge >= 0.3 is 0 Å². The zero-order valence-electron chi connectivity index (χ0n) is 19.8. The molecule has 2 heterocycles. The number of amides is 2. The van der Waals surface area contributed by atoms with Gasteiger partial charge in [0.1, 0.15) is 12.3 Å². The number of carbonyl (C=O) groups excluding carboxylic acids is 2. The number of aromatic nitrogens is 2. The molecule has 2 aromatic heterocycles. The highest BCUT2D eigenvalue weighted by Gasteiger charge is 2.22. The van der Waals surface area contributed by atoms with Crippen LogP contribution in [-0.4, -0.2) is 60.2 Å². The minimum absolute atomic E-state index is 0.142. The zero-order valence-corrected chi connectivity index (χ0v) is 20.6. The Bertz CT molecular complexity index is 1300. The monoisotopic (exact) mass is 508 g/mol. The summed E-state index contributed by atoms with van der Waals surface area (Å²) in [6.07, 6.45) is 3.23. The first kappa shape index (κ1) is 25.0. The van der Waals surface area contributed by atoms with Gasteiger partial charge in [-0.25, -0.2) is 4.98 Å². The molecule has 36 heavy (non-hydrogen) atoms. The van der Waals surface area contributed by atoms with Gasteiger partial charge in [-0.3, -0.25) is 19.5 Å². The van der Waals surface area contributed by atoms with E-state index in [1.807, 2.05) is 42.6 Å². The Hall–Kier alpha value is -4.08. The number of imidazole rings is 1. The van der Waals surface area contributed by atoms with E-state index in [2.05, 4.69) is 10.3 Å². The van der Waals surface area contributed by atoms with Crippen LogP contribution >= 0.6 is 11.6 Å². The zero-order chi connectivity index (χ0) is 25.5. The van der Waals surface area contributed by atoms with Crippen LogP contribution in [0.3, 0.4) is 0 Å². The summed E-state index contributed by atoms with van der Waals surface area (Å²) in [7, 11) is 3.12. The smallest absolute Gasteiger partial charge is 0.290 e. The second kappa shape index (κ2) is 11.6. The predicted molar refractivity (Wildman–Crippen MR) is 136 cm³/mol. The Labute approximate surface area is 213 Å². The molecule has 0 saturated heterocycles. The van der Waals surface area contributed by atoms with Crippen molar-refractivity contribution in [2.24, 2.45) is 0 Å². The van der Waals surface area contributed by atoms with E-state index in [1.54, 1.807) is 35.9 Å². The summed E-state index contributed by atoms with van der Waals surface area (Å²) < 4.78 is 17.3. The highest BCUT2D eigenvalue weighted by molar-refractivity contribution is 6.30. The molecule has 0 saturated carbocycles. The number of carbonyl (C=O) groups is 2. The molecule has 2 aromatic carbocycles. The molecule has 0 bridgehead atoms. The molecule has 186 valence electrons. The minimum atomic E-state index is -0.422. The van der Waals surface area contributed by atoms with Gasteiger partial charge in [-0.05, 0) is 48.5 Å². The number of ether oxygens (including phenoxy) is 2. The first-order chi connectivity index (χ1) is 17.5. The molecule has 9 nitrogen and oxygen atoms in total. The molecule has 4 rings (SSSR count). The number of methoxy groups -OCH3 is 2. The Morgan fingerprint density at radius 1 is 1.08 bits per heavy atom. The third-order valence-electron chi connectivity index (χ3n) is 5.37.